The molecule has 4 aromatic rings. The van der Waals surface area contributed by atoms with Gasteiger partial charge in [0, 0.05) is 28.8 Å². The number of nitrogen functional groups attached to an aromatic ring is 1. The predicted octanol–water partition coefficient (Wildman–Crippen LogP) is 3.01. The molecule has 0 fully saturated rings. The van der Waals surface area contributed by atoms with Crippen LogP contribution in [0.1, 0.15) is 25.5 Å². The molecule has 3 heterocycles. The van der Waals surface area contributed by atoms with Gasteiger partial charge in [0.15, 0.2) is 0 Å². The minimum Gasteiger partial charge on any atom is -0.384 e. The molecular weight excluding hydrogens is 359 g/mol. The molecule has 0 aliphatic carbocycles. The first kappa shape index (κ1) is 17.8. The second-order valence-corrected chi connectivity index (χ2v) is 6.87. The molecule has 0 saturated heterocycles. The van der Waals surface area contributed by atoms with Crippen molar-refractivity contribution in [2.45, 2.75) is 26.4 Å². The zero-order chi connectivity index (χ0) is 19.8. The number of anilines is 1. The third-order valence-corrected chi connectivity index (χ3v) is 4.57. The summed E-state index contributed by atoms with van der Waals surface area (Å²) in [5.74, 6) is -0.248. The molecule has 0 spiro atoms. The topological polar surface area (TPSA) is 91.6 Å². The van der Waals surface area contributed by atoms with E-state index in [9.17, 15) is 9.18 Å². The largest absolute Gasteiger partial charge is 0.384 e. The Kier molecular flexibility index (Phi) is 4.38. The van der Waals surface area contributed by atoms with Gasteiger partial charge >= 0.3 is 0 Å². The fourth-order valence-corrected chi connectivity index (χ4v) is 3.20. The Labute approximate surface area is 160 Å². The third-order valence-electron chi connectivity index (χ3n) is 4.57. The molecule has 4 rings (SSSR count). The summed E-state index contributed by atoms with van der Waals surface area (Å²) in [5.41, 5.74) is 7.76. The van der Waals surface area contributed by atoms with Gasteiger partial charge in [-0.05, 0) is 32.0 Å². The molecule has 0 aliphatic rings. The number of hydrogen-bond donors (Lipinski definition) is 1. The first-order chi connectivity index (χ1) is 13.4. The van der Waals surface area contributed by atoms with Gasteiger partial charge in [-0.25, -0.2) is 14.1 Å². The van der Waals surface area contributed by atoms with E-state index in [0.717, 1.165) is 0 Å². The van der Waals surface area contributed by atoms with Crippen LogP contribution in [0, 0.1) is 5.82 Å². The van der Waals surface area contributed by atoms with Gasteiger partial charge in [0.2, 0.25) is 0 Å². The Morgan fingerprint density at radius 3 is 2.82 bits per heavy atom. The Hall–Kier alpha value is -3.55. The lowest BCUT2D eigenvalue weighted by molar-refractivity contribution is 0.563. The van der Waals surface area contributed by atoms with Crippen LogP contribution in [0.5, 0.6) is 0 Å². The molecule has 0 saturated carbocycles. The number of nitrogens with two attached hydrogens (primary N) is 1. The highest BCUT2D eigenvalue weighted by Gasteiger charge is 2.14. The Morgan fingerprint density at radius 1 is 1.21 bits per heavy atom. The molecule has 0 unspecified atom stereocenters. The SMILES string of the molecule is CC(C)n1cccc(Cn2cc(-c3cc(N)nc4c(F)cccc34)nn2)c1=O. The Bertz CT molecular complexity index is 1230. The third kappa shape index (κ3) is 3.13. The van der Waals surface area contributed by atoms with E-state index in [2.05, 4.69) is 15.3 Å². The van der Waals surface area contributed by atoms with Crippen LogP contribution in [-0.4, -0.2) is 24.5 Å². The molecule has 0 amide bonds. The lowest BCUT2D eigenvalue weighted by Crippen LogP contribution is -2.25. The number of halogens is 1. The molecule has 2 N–H and O–H groups in total. The van der Waals surface area contributed by atoms with Crippen LogP contribution in [0.25, 0.3) is 22.2 Å². The number of hydrogen-bond acceptors (Lipinski definition) is 5. The minimum absolute atomic E-state index is 0.0600. The second kappa shape index (κ2) is 6.88. The number of para-hydroxylation sites is 1. The van der Waals surface area contributed by atoms with Crippen LogP contribution in [0.15, 0.2) is 53.6 Å². The van der Waals surface area contributed by atoms with Gasteiger partial charge in [-0.3, -0.25) is 4.79 Å². The van der Waals surface area contributed by atoms with Gasteiger partial charge in [-0.2, -0.15) is 0 Å². The van der Waals surface area contributed by atoms with Gasteiger partial charge in [-0.1, -0.05) is 23.4 Å². The van der Waals surface area contributed by atoms with Crippen LogP contribution >= 0.6 is 0 Å². The summed E-state index contributed by atoms with van der Waals surface area (Å²) in [6.07, 6.45) is 3.48. The van der Waals surface area contributed by atoms with E-state index in [-0.39, 0.29) is 29.5 Å². The first-order valence-electron chi connectivity index (χ1n) is 8.89. The number of rotatable bonds is 4. The number of fused-ring (bicyclic) bond motifs is 1. The van der Waals surface area contributed by atoms with Crippen molar-refractivity contribution >= 4 is 16.7 Å². The van der Waals surface area contributed by atoms with Crippen molar-refractivity contribution in [1.82, 2.24) is 24.5 Å². The molecule has 7 nitrogen and oxygen atoms in total. The number of benzene rings is 1. The Morgan fingerprint density at radius 2 is 2.04 bits per heavy atom. The van der Waals surface area contributed by atoms with Crippen molar-refractivity contribution in [1.29, 1.82) is 0 Å². The zero-order valence-corrected chi connectivity index (χ0v) is 15.5. The summed E-state index contributed by atoms with van der Waals surface area (Å²) in [4.78, 5) is 16.7. The van der Waals surface area contributed by atoms with Crippen molar-refractivity contribution in [3.63, 3.8) is 0 Å². The van der Waals surface area contributed by atoms with E-state index in [1.165, 1.54) is 6.07 Å². The molecule has 142 valence electrons. The van der Waals surface area contributed by atoms with E-state index in [1.807, 2.05) is 19.9 Å². The van der Waals surface area contributed by atoms with Gasteiger partial charge in [0.05, 0.1) is 12.7 Å². The molecule has 1 aromatic carbocycles. The van der Waals surface area contributed by atoms with Crippen molar-refractivity contribution in [3.8, 4) is 11.3 Å². The van der Waals surface area contributed by atoms with Crippen LogP contribution in [0.3, 0.4) is 0 Å². The standard InChI is InChI=1S/C20H19FN6O/c1-12(2)27-8-4-5-13(20(27)28)10-26-11-17(24-25-26)15-9-18(22)23-19-14(15)6-3-7-16(19)21/h3-9,11-12H,10H2,1-2H3,(H2,22,23). The van der Waals surface area contributed by atoms with Gasteiger partial charge in [-0.15, -0.1) is 5.10 Å². The van der Waals surface area contributed by atoms with E-state index >= 15 is 0 Å². The lowest BCUT2D eigenvalue weighted by Gasteiger charge is -2.11. The van der Waals surface area contributed by atoms with E-state index < -0.39 is 5.82 Å². The maximum absolute atomic E-state index is 14.1. The molecule has 0 radical (unpaired) electrons. The van der Waals surface area contributed by atoms with E-state index in [4.69, 9.17) is 5.73 Å². The molecule has 0 aliphatic heterocycles. The van der Waals surface area contributed by atoms with Gasteiger partial charge in [0.1, 0.15) is 22.8 Å². The fourth-order valence-electron chi connectivity index (χ4n) is 3.20. The maximum atomic E-state index is 14.1. The number of nitrogens with zero attached hydrogens (tertiary/aromatic N) is 5. The molecule has 3 aromatic heterocycles. The van der Waals surface area contributed by atoms with Crippen molar-refractivity contribution in [3.05, 3.63) is 70.5 Å². The molecule has 28 heavy (non-hydrogen) atoms. The predicted molar refractivity (Wildman–Crippen MR) is 105 cm³/mol. The number of aromatic nitrogens is 5. The summed E-state index contributed by atoms with van der Waals surface area (Å²) in [6, 6.07) is 10.0. The molecule has 0 atom stereocenters. The highest BCUT2D eigenvalue weighted by atomic mass is 19.1. The average Bonchev–Trinajstić information content (AvgIpc) is 3.12. The average molecular weight is 378 g/mol. The van der Waals surface area contributed by atoms with Crippen molar-refractivity contribution < 1.29 is 4.39 Å². The van der Waals surface area contributed by atoms with Gasteiger partial charge in [0.25, 0.3) is 5.56 Å². The van der Waals surface area contributed by atoms with Crippen LogP contribution in [0.2, 0.25) is 0 Å². The maximum Gasteiger partial charge on any atom is 0.255 e. The summed E-state index contributed by atoms with van der Waals surface area (Å²) < 4.78 is 17.4. The van der Waals surface area contributed by atoms with Gasteiger partial charge < -0.3 is 10.3 Å². The summed E-state index contributed by atoms with van der Waals surface area (Å²) in [5, 5.41) is 8.92. The van der Waals surface area contributed by atoms with Crippen LogP contribution in [-0.2, 0) is 6.54 Å². The lowest BCUT2D eigenvalue weighted by atomic mass is 10.1. The summed E-state index contributed by atoms with van der Waals surface area (Å²) >= 11 is 0. The molecule has 8 heteroatoms. The quantitative estimate of drug-likeness (QED) is 0.589. The number of pyridine rings is 2. The van der Waals surface area contributed by atoms with E-state index in [1.54, 1.807) is 45.9 Å². The normalized spacial score (nSPS) is 11.4. The van der Waals surface area contributed by atoms with Crippen LogP contribution in [0.4, 0.5) is 10.2 Å². The van der Waals surface area contributed by atoms with E-state index in [0.29, 0.717) is 22.2 Å². The summed E-state index contributed by atoms with van der Waals surface area (Å²) in [6.45, 7) is 4.19. The smallest absolute Gasteiger partial charge is 0.255 e. The molecular formula is C20H19FN6O. The highest BCUT2D eigenvalue weighted by Crippen LogP contribution is 2.29. The monoisotopic (exact) mass is 378 g/mol. The molecule has 0 bridgehead atoms. The summed E-state index contributed by atoms with van der Waals surface area (Å²) in [7, 11) is 0. The Balaban J connectivity index is 1.74. The first-order valence-corrected chi connectivity index (χ1v) is 8.89. The fraction of sp³-hybridized carbons (Fsp3) is 0.200. The highest BCUT2D eigenvalue weighted by molar-refractivity contribution is 5.95. The van der Waals surface area contributed by atoms with Crippen molar-refractivity contribution in [2.75, 3.05) is 5.73 Å². The van der Waals surface area contributed by atoms with Crippen molar-refractivity contribution in [2.24, 2.45) is 0 Å². The second-order valence-electron chi connectivity index (χ2n) is 6.87. The zero-order valence-electron chi connectivity index (χ0n) is 15.5. The minimum atomic E-state index is -0.447. The van der Waals surface area contributed by atoms with Crippen LogP contribution < -0.4 is 11.3 Å².